The van der Waals surface area contributed by atoms with E-state index >= 15 is 0 Å². The van der Waals surface area contributed by atoms with Gasteiger partial charge in [0, 0.05) is 12.0 Å². The molecule has 0 bridgehead atoms. The second kappa shape index (κ2) is 5.62. The number of nitrogens with two attached hydrogens (primary N) is 1. The summed E-state index contributed by atoms with van der Waals surface area (Å²) in [6.07, 6.45) is -6.10. The molecule has 3 N–H and O–H groups in total. The Kier molecular flexibility index (Phi) is 4.64. The Bertz CT molecular complexity index is 417. The van der Waals surface area contributed by atoms with Crippen molar-refractivity contribution in [3.05, 3.63) is 34.9 Å². The standard InChI is InChI=1S/C11H13F5N2/c1-6-2-3-7(12)9(10(6)13)8(18-17)4-5-11(14,15)16/h2-3,8,18H,4-5,17H2,1H3. The van der Waals surface area contributed by atoms with Crippen LogP contribution < -0.4 is 11.3 Å². The first-order chi connectivity index (χ1) is 8.26. The van der Waals surface area contributed by atoms with Gasteiger partial charge in [-0.1, -0.05) is 6.07 Å². The van der Waals surface area contributed by atoms with Gasteiger partial charge in [0.15, 0.2) is 0 Å². The molecule has 2 nitrogen and oxygen atoms in total. The second-order valence-electron chi connectivity index (χ2n) is 3.97. The maximum absolute atomic E-state index is 13.7. The highest BCUT2D eigenvalue weighted by Crippen LogP contribution is 2.30. The van der Waals surface area contributed by atoms with E-state index in [0.717, 1.165) is 6.07 Å². The SMILES string of the molecule is Cc1ccc(F)c(C(CCC(F)(F)F)NN)c1F. The van der Waals surface area contributed by atoms with Crippen LogP contribution in [0, 0.1) is 18.6 Å². The Hall–Kier alpha value is -1.21. The molecule has 0 amide bonds. The summed E-state index contributed by atoms with van der Waals surface area (Å²) >= 11 is 0. The van der Waals surface area contributed by atoms with Gasteiger partial charge in [-0.25, -0.2) is 8.78 Å². The highest BCUT2D eigenvalue weighted by molar-refractivity contribution is 5.29. The third-order valence-electron chi connectivity index (χ3n) is 2.59. The van der Waals surface area contributed by atoms with Gasteiger partial charge in [0.2, 0.25) is 0 Å². The second-order valence-corrected chi connectivity index (χ2v) is 3.97. The van der Waals surface area contributed by atoms with Crippen molar-refractivity contribution in [1.82, 2.24) is 5.43 Å². The van der Waals surface area contributed by atoms with Crippen molar-refractivity contribution in [3.63, 3.8) is 0 Å². The van der Waals surface area contributed by atoms with Gasteiger partial charge in [-0.3, -0.25) is 11.3 Å². The quantitative estimate of drug-likeness (QED) is 0.500. The van der Waals surface area contributed by atoms with Gasteiger partial charge in [0.1, 0.15) is 11.6 Å². The van der Waals surface area contributed by atoms with Crippen LogP contribution in [-0.4, -0.2) is 6.18 Å². The van der Waals surface area contributed by atoms with Gasteiger partial charge in [0.05, 0.1) is 6.04 Å². The van der Waals surface area contributed by atoms with Crippen LogP contribution in [0.4, 0.5) is 22.0 Å². The molecule has 0 saturated carbocycles. The number of hydrogen-bond donors (Lipinski definition) is 2. The Morgan fingerprint density at radius 2 is 1.89 bits per heavy atom. The summed E-state index contributed by atoms with van der Waals surface area (Å²) < 4.78 is 63.5. The van der Waals surface area contributed by atoms with Gasteiger partial charge >= 0.3 is 6.18 Å². The van der Waals surface area contributed by atoms with Gasteiger partial charge in [0.25, 0.3) is 0 Å². The van der Waals surface area contributed by atoms with Crippen LogP contribution in [0.5, 0.6) is 0 Å². The predicted octanol–water partition coefficient (Wildman–Crippen LogP) is 3.12. The molecule has 0 aliphatic rings. The molecule has 1 aromatic rings. The first-order valence-corrected chi connectivity index (χ1v) is 5.23. The molecule has 18 heavy (non-hydrogen) atoms. The van der Waals surface area contributed by atoms with Gasteiger partial charge in [-0.05, 0) is 25.0 Å². The Morgan fingerprint density at radius 3 is 2.39 bits per heavy atom. The van der Waals surface area contributed by atoms with Gasteiger partial charge < -0.3 is 0 Å². The first-order valence-electron chi connectivity index (χ1n) is 5.23. The minimum Gasteiger partial charge on any atom is -0.271 e. The van der Waals surface area contributed by atoms with E-state index in [9.17, 15) is 22.0 Å². The average molecular weight is 268 g/mol. The zero-order valence-corrected chi connectivity index (χ0v) is 9.61. The van der Waals surface area contributed by atoms with E-state index < -0.39 is 42.3 Å². The zero-order chi connectivity index (χ0) is 13.9. The molecular formula is C11H13F5N2. The van der Waals surface area contributed by atoms with Crippen LogP contribution >= 0.6 is 0 Å². The number of nitrogens with one attached hydrogen (secondary N) is 1. The maximum Gasteiger partial charge on any atom is 0.389 e. The van der Waals surface area contributed by atoms with Crippen LogP contribution in [0.2, 0.25) is 0 Å². The van der Waals surface area contributed by atoms with Crippen molar-refractivity contribution in [1.29, 1.82) is 0 Å². The molecule has 0 aliphatic carbocycles. The number of rotatable bonds is 4. The van der Waals surface area contributed by atoms with Crippen molar-refractivity contribution in [2.45, 2.75) is 32.0 Å². The lowest BCUT2D eigenvalue weighted by Crippen LogP contribution is -2.30. The molecule has 102 valence electrons. The van der Waals surface area contributed by atoms with E-state index in [1.165, 1.54) is 13.0 Å². The molecule has 7 heteroatoms. The topological polar surface area (TPSA) is 38.0 Å². The van der Waals surface area contributed by atoms with Gasteiger partial charge in [-0.2, -0.15) is 13.2 Å². The number of hydrogen-bond acceptors (Lipinski definition) is 2. The highest BCUT2D eigenvalue weighted by Gasteiger charge is 2.30. The summed E-state index contributed by atoms with van der Waals surface area (Å²) in [5.74, 6) is 3.28. The molecule has 0 radical (unpaired) electrons. The number of halogens is 5. The number of benzene rings is 1. The minimum absolute atomic E-state index is 0.152. The lowest BCUT2D eigenvalue weighted by atomic mass is 9.99. The summed E-state index contributed by atoms with van der Waals surface area (Å²) in [7, 11) is 0. The van der Waals surface area contributed by atoms with E-state index in [1.54, 1.807) is 0 Å². The fraction of sp³-hybridized carbons (Fsp3) is 0.455. The molecule has 0 fully saturated rings. The van der Waals surface area contributed by atoms with E-state index in [2.05, 4.69) is 0 Å². The van der Waals surface area contributed by atoms with Crippen LogP contribution in [0.25, 0.3) is 0 Å². The van der Waals surface area contributed by atoms with E-state index in [1.807, 2.05) is 5.43 Å². The smallest absolute Gasteiger partial charge is 0.271 e. The molecule has 1 atom stereocenters. The lowest BCUT2D eigenvalue weighted by Gasteiger charge is -2.19. The van der Waals surface area contributed by atoms with Crippen molar-refractivity contribution >= 4 is 0 Å². The fourth-order valence-corrected chi connectivity index (χ4v) is 1.62. The lowest BCUT2D eigenvalue weighted by molar-refractivity contribution is -0.136. The predicted molar refractivity (Wildman–Crippen MR) is 56.4 cm³/mol. The molecular weight excluding hydrogens is 255 g/mol. The monoisotopic (exact) mass is 268 g/mol. The molecule has 0 heterocycles. The van der Waals surface area contributed by atoms with E-state index in [0.29, 0.717) is 0 Å². The number of alkyl halides is 3. The van der Waals surface area contributed by atoms with Crippen molar-refractivity contribution < 1.29 is 22.0 Å². The van der Waals surface area contributed by atoms with Crippen molar-refractivity contribution in [3.8, 4) is 0 Å². The molecule has 1 unspecified atom stereocenters. The molecule has 1 rings (SSSR count). The first kappa shape index (κ1) is 14.8. The highest BCUT2D eigenvalue weighted by atomic mass is 19.4. The largest absolute Gasteiger partial charge is 0.389 e. The molecule has 0 aliphatic heterocycles. The summed E-state index contributed by atoms with van der Waals surface area (Å²) in [5.41, 5.74) is 1.71. The Morgan fingerprint density at radius 1 is 1.28 bits per heavy atom. The minimum atomic E-state index is -4.40. The van der Waals surface area contributed by atoms with Gasteiger partial charge in [-0.15, -0.1) is 0 Å². The van der Waals surface area contributed by atoms with Crippen molar-refractivity contribution in [2.75, 3.05) is 0 Å². The van der Waals surface area contributed by atoms with Crippen LogP contribution in [-0.2, 0) is 0 Å². The molecule has 0 spiro atoms. The van der Waals surface area contributed by atoms with Crippen LogP contribution in [0.15, 0.2) is 12.1 Å². The third-order valence-corrected chi connectivity index (χ3v) is 2.59. The van der Waals surface area contributed by atoms with Crippen LogP contribution in [0.1, 0.15) is 30.0 Å². The molecule has 0 saturated heterocycles. The summed E-state index contributed by atoms with van der Waals surface area (Å²) in [6.45, 7) is 1.40. The maximum atomic E-state index is 13.7. The summed E-state index contributed by atoms with van der Waals surface area (Å²) in [5, 5.41) is 0. The Balaban J connectivity index is 2.99. The zero-order valence-electron chi connectivity index (χ0n) is 9.61. The van der Waals surface area contributed by atoms with Crippen LogP contribution in [0.3, 0.4) is 0 Å². The summed E-state index contributed by atoms with van der Waals surface area (Å²) in [4.78, 5) is 0. The number of aryl methyl sites for hydroxylation is 1. The van der Waals surface area contributed by atoms with E-state index in [4.69, 9.17) is 5.84 Å². The fourth-order valence-electron chi connectivity index (χ4n) is 1.62. The normalized spacial score (nSPS) is 13.7. The molecule has 0 aromatic heterocycles. The number of hydrazine groups is 1. The third kappa shape index (κ3) is 3.64. The summed E-state index contributed by atoms with van der Waals surface area (Å²) in [6, 6.07) is 1.00. The van der Waals surface area contributed by atoms with Crippen molar-refractivity contribution in [2.24, 2.45) is 5.84 Å². The Labute approximate surface area is 101 Å². The van der Waals surface area contributed by atoms with E-state index in [-0.39, 0.29) is 5.56 Å². The average Bonchev–Trinajstić information content (AvgIpc) is 2.27. The molecule has 1 aromatic carbocycles.